The number of thiocarbonyl (C=S) groups is 2. The zero-order chi connectivity index (χ0) is 22.8. The molecule has 2 aromatic carbocycles. The van der Waals surface area contributed by atoms with Crippen LogP contribution in [0, 0.1) is 0 Å². The topological polar surface area (TPSA) is 119 Å². The molecule has 0 fully saturated rings. The fourth-order valence-corrected chi connectivity index (χ4v) is 2.75. The van der Waals surface area contributed by atoms with E-state index in [4.69, 9.17) is 24.4 Å². The molecule has 0 unspecified atom stereocenters. The van der Waals surface area contributed by atoms with Gasteiger partial charge in [-0.3, -0.25) is 31.3 Å². The van der Waals surface area contributed by atoms with Crippen molar-refractivity contribution in [1.82, 2.24) is 26.7 Å². The monoisotopic (exact) mass is 465 g/mol. The lowest BCUT2D eigenvalue weighted by Crippen LogP contribution is -2.45. The summed E-state index contributed by atoms with van der Waals surface area (Å²) in [7, 11) is 0. The molecule has 3 aromatic rings. The van der Waals surface area contributed by atoms with Crippen molar-refractivity contribution in [2.75, 3.05) is 10.6 Å². The van der Waals surface area contributed by atoms with Crippen LogP contribution in [0.25, 0.3) is 0 Å². The molecule has 0 atom stereocenters. The molecule has 1 heterocycles. The van der Waals surface area contributed by atoms with Crippen LogP contribution >= 0.6 is 24.4 Å². The van der Waals surface area contributed by atoms with Gasteiger partial charge in [0.1, 0.15) is 11.4 Å². The van der Waals surface area contributed by atoms with E-state index >= 15 is 0 Å². The van der Waals surface area contributed by atoms with E-state index in [-0.39, 0.29) is 21.6 Å². The summed E-state index contributed by atoms with van der Waals surface area (Å²) in [5.41, 5.74) is 11.6. The van der Waals surface area contributed by atoms with Gasteiger partial charge in [0, 0.05) is 11.4 Å². The molecule has 6 N–H and O–H groups in total. The van der Waals surface area contributed by atoms with Crippen molar-refractivity contribution in [2.24, 2.45) is 0 Å². The van der Waals surface area contributed by atoms with E-state index < -0.39 is 11.8 Å². The third-order valence-corrected chi connectivity index (χ3v) is 4.27. The van der Waals surface area contributed by atoms with E-state index in [0.29, 0.717) is 0 Å². The molecule has 0 saturated carbocycles. The molecule has 0 aliphatic heterocycles. The molecule has 0 bridgehead atoms. The van der Waals surface area contributed by atoms with Gasteiger partial charge in [0.05, 0.1) is 0 Å². The largest absolute Gasteiger partial charge is 0.331 e. The molecule has 32 heavy (non-hydrogen) atoms. The second-order valence-electron chi connectivity index (χ2n) is 6.21. The quantitative estimate of drug-likeness (QED) is 0.255. The van der Waals surface area contributed by atoms with Crippen LogP contribution in [0.4, 0.5) is 11.4 Å². The molecular weight excluding hydrogens is 446 g/mol. The second kappa shape index (κ2) is 11.3. The van der Waals surface area contributed by atoms with Gasteiger partial charge in [-0.05, 0) is 60.8 Å². The Bertz CT molecular complexity index is 1030. The summed E-state index contributed by atoms with van der Waals surface area (Å²) in [6.45, 7) is 0. The van der Waals surface area contributed by atoms with E-state index in [1.165, 1.54) is 18.2 Å². The molecule has 2 amide bonds. The van der Waals surface area contributed by atoms with Gasteiger partial charge in [0.25, 0.3) is 11.8 Å². The Morgan fingerprint density at radius 2 is 0.969 bits per heavy atom. The molecule has 0 spiro atoms. The van der Waals surface area contributed by atoms with Gasteiger partial charge in [0.2, 0.25) is 0 Å². The highest BCUT2D eigenvalue weighted by Crippen LogP contribution is 2.05. The Labute approximate surface area is 195 Å². The predicted octanol–water partition coefficient (Wildman–Crippen LogP) is 2.34. The first-order chi connectivity index (χ1) is 15.5. The number of pyridine rings is 1. The van der Waals surface area contributed by atoms with E-state index in [2.05, 4.69) is 37.3 Å². The van der Waals surface area contributed by atoms with Crippen LogP contribution in [0.2, 0.25) is 0 Å². The SMILES string of the molecule is O=C(NNC(=S)Nc1ccccc1)c1cccc(C(=O)NNC(=S)Nc2ccccc2)n1. The summed E-state index contributed by atoms with van der Waals surface area (Å²) in [6.07, 6.45) is 0. The Hall–Kier alpha value is -4.09. The molecule has 0 radical (unpaired) electrons. The first kappa shape index (κ1) is 22.6. The van der Waals surface area contributed by atoms with Crippen LogP contribution in [-0.4, -0.2) is 27.0 Å². The highest BCUT2D eigenvalue weighted by Gasteiger charge is 2.13. The average molecular weight is 466 g/mol. The molecule has 11 heteroatoms. The van der Waals surface area contributed by atoms with Gasteiger partial charge >= 0.3 is 0 Å². The summed E-state index contributed by atoms with van der Waals surface area (Å²) >= 11 is 10.3. The van der Waals surface area contributed by atoms with Crippen LogP contribution in [0.3, 0.4) is 0 Å². The van der Waals surface area contributed by atoms with Gasteiger partial charge in [-0.2, -0.15) is 0 Å². The van der Waals surface area contributed by atoms with Crippen LogP contribution in [0.5, 0.6) is 0 Å². The maximum absolute atomic E-state index is 12.3. The Balaban J connectivity index is 1.49. The van der Waals surface area contributed by atoms with E-state index in [1.54, 1.807) is 0 Å². The Morgan fingerprint density at radius 1 is 0.562 bits per heavy atom. The molecule has 162 valence electrons. The number of aromatic nitrogens is 1. The van der Waals surface area contributed by atoms with Gasteiger partial charge in [-0.1, -0.05) is 42.5 Å². The Kier molecular flexibility index (Phi) is 8.01. The van der Waals surface area contributed by atoms with Crippen molar-refractivity contribution in [2.45, 2.75) is 0 Å². The second-order valence-corrected chi connectivity index (χ2v) is 7.02. The van der Waals surface area contributed by atoms with Crippen LogP contribution in [-0.2, 0) is 0 Å². The van der Waals surface area contributed by atoms with Crippen molar-refractivity contribution >= 4 is 57.8 Å². The van der Waals surface area contributed by atoms with Crippen molar-refractivity contribution < 1.29 is 9.59 Å². The molecular formula is C21H19N7O2S2. The fraction of sp³-hybridized carbons (Fsp3) is 0. The van der Waals surface area contributed by atoms with E-state index in [9.17, 15) is 9.59 Å². The number of benzene rings is 2. The zero-order valence-electron chi connectivity index (χ0n) is 16.6. The maximum Gasteiger partial charge on any atom is 0.288 e. The number of nitrogens with zero attached hydrogens (tertiary/aromatic N) is 1. The number of hydrogen-bond donors (Lipinski definition) is 6. The summed E-state index contributed by atoms with van der Waals surface area (Å²) in [4.78, 5) is 28.8. The number of hydrogen-bond acceptors (Lipinski definition) is 5. The number of carbonyl (C=O) groups is 2. The van der Waals surface area contributed by atoms with Crippen LogP contribution < -0.4 is 32.3 Å². The summed E-state index contributed by atoms with van der Waals surface area (Å²) in [5.74, 6) is -1.13. The predicted molar refractivity (Wildman–Crippen MR) is 131 cm³/mol. The standard InChI is InChI=1S/C21H19N7O2S2/c29-18(25-27-20(31)22-14-8-3-1-4-9-14)16-12-7-13-17(24-16)19(30)26-28-21(32)23-15-10-5-2-6-11-15/h1-13H,(H,25,29)(H,26,30)(H2,22,27,31)(H2,23,28,32). The zero-order valence-corrected chi connectivity index (χ0v) is 18.2. The molecule has 9 nitrogen and oxygen atoms in total. The van der Waals surface area contributed by atoms with E-state index in [1.807, 2.05) is 60.7 Å². The third kappa shape index (κ3) is 7.00. The fourth-order valence-electron chi connectivity index (χ4n) is 2.41. The van der Waals surface area contributed by atoms with Gasteiger partial charge in [-0.25, -0.2) is 4.98 Å². The number of para-hydroxylation sites is 2. The normalized spacial score (nSPS) is 9.75. The number of anilines is 2. The number of amides is 2. The average Bonchev–Trinajstić information content (AvgIpc) is 2.82. The summed E-state index contributed by atoms with van der Waals surface area (Å²) in [5, 5.41) is 6.23. The van der Waals surface area contributed by atoms with Crippen LogP contribution in [0.1, 0.15) is 21.0 Å². The van der Waals surface area contributed by atoms with Crippen molar-refractivity contribution in [3.8, 4) is 0 Å². The van der Waals surface area contributed by atoms with E-state index in [0.717, 1.165) is 11.4 Å². The minimum absolute atomic E-state index is 0.0256. The molecule has 0 aliphatic rings. The third-order valence-electron chi connectivity index (χ3n) is 3.86. The number of carbonyl (C=O) groups excluding carboxylic acids is 2. The molecule has 0 aliphatic carbocycles. The van der Waals surface area contributed by atoms with Gasteiger partial charge in [0.15, 0.2) is 10.2 Å². The van der Waals surface area contributed by atoms with Crippen molar-refractivity contribution in [1.29, 1.82) is 0 Å². The lowest BCUT2D eigenvalue weighted by atomic mass is 10.3. The lowest BCUT2D eigenvalue weighted by molar-refractivity contribution is 0.0934. The maximum atomic E-state index is 12.3. The van der Waals surface area contributed by atoms with Gasteiger partial charge < -0.3 is 10.6 Å². The number of nitrogens with one attached hydrogen (secondary N) is 6. The highest BCUT2D eigenvalue weighted by molar-refractivity contribution is 7.80. The summed E-state index contributed by atoms with van der Waals surface area (Å²) < 4.78 is 0. The lowest BCUT2D eigenvalue weighted by Gasteiger charge is -2.12. The molecule has 1 aromatic heterocycles. The first-order valence-corrected chi connectivity index (χ1v) is 10.1. The Morgan fingerprint density at radius 3 is 1.38 bits per heavy atom. The molecule has 3 rings (SSSR count). The first-order valence-electron chi connectivity index (χ1n) is 9.33. The minimum atomic E-state index is -0.564. The van der Waals surface area contributed by atoms with Crippen molar-refractivity contribution in [3.63, 3.8) is 0 Å². The number of hydrazine groups is 2. The smallest absolute Gasteiger partial charge is 0.288 e. The highest BCUT2D eigenvalue weighted by atomic mass is 32.1. The number of rotatable bonds is 4. The van der Waals surface area contributed by atoms with Crippen LogP contribution in [0.15, 0.2) is 78.9 Å². The summed E-state index contributed by atoms with van der Waals surface area (Å²) in [6, 6.07) is 22.9. The van der Waals surface area contributed by atoms with Crippen molar-refractivity contribution in [3.05, 3.63) is 90.3 Å². The van der Waals surface area contributed by atoms with Gasteiger partial charge in [-0.15, -0.1) is 0 Å². The minimum Gasteiger partial charge on any atom is -0.331 e. The molecule has 0 saturated heterocycles.